The van der Waals surface area contributed by atoms with Gasteiger partial charge in [-0.05, 0) is 25.7 Å². The Labute approximate surface area is 90.0 Å². The number of rotatable bonds is 6. The van der Waals surface area contributed by atoms with Crippen LogP contribution in [0.1, 0.15) is 19.8 Å². The fourth-order valence-electron chi connectivity index (χ4n) is 1.38. The molecule has 3 N–H and O–H groups in total. The van der Waals surface area contributed by atoms with Gasteiger partial charge >= 0.3 is 0 Å². The highest BCUT2D eigenvalue weighted by Crippen LogP contribution is 2.29. The largest absolute Gasteiger partial charge is 0.346 e. The number of nitrogens with one attached hydrogen (secondary N) is 1. The molecule has 5 heteroatoms. The Balaban J connectivity index is 2.25. The van der Waals surface area contributed by atoms with Crippen molar-refractivity contribution < 1.29 is 9.59 Å². The van der Waals surface area contributed by atoms with Crippen LogP contribution in [-0.4, -0.2) is 42.9 Å². The molecule has 1 fully saturated rings. The summed E-state index contributed by atoms with van der Waals surface area (Å²) in [7, 11) is 0. The maximum Gasteiger partial charge on any atom is 0.241 e. The zero-order chi connectivity index (χ0) is 11.3. The van der Waals surface area contributed by atoms with Gasteiger partial charge in [0.25, 0.3) is 0 Å². The van der Waals surface area contributed by atoms with Gasteiger partial charge in [-0.25, -0.2) is 0 Å². The second-order valence-electron chi connectivity index (χ2n) is 3.86. The molecule has 0 spiro atoms. The Hall–Kier alpha value is -1.10. The molecule has 0 aromatic rings. The smallest absolute Gasteiger partial charge is 0.241 e. The zero-order valence-electron chi connectivity index (χ0n) is 9.16. The summed E-state index contributed by atoms with van der Waals surface area (Å²) >= 11 is 0. The molecule has 1 saturated carbocycles. The Bertz CT molecular complexity index is 239. The summed E-state index contributed by atoms with van der Waals surface area (Å²) in [6.45, 7) is 3.48. The van der Waals surface area contributed by atoms with E-state index in [1.807, 2.05) is 6.92 Å². The van der Waals surface area contributed by atoms with Gasteiger partial charge in [0.05, 0.1) is 13.1 Å². The van der Waals surface area contributed by atoms with Crippen LogP contribution in [0.5, 0.6) is 0 Å². The Morgan fingerprint density at radius 3 is 2.60 bits per heavy atom. The van der Waals surface area contributed by atoms with E-state index >= 15 is 0 Å². The Morgan fingerprint density at radius 1 is 1.47 bits per heavy atom. The standard InChI is InChI=1S/C10H19N3O2/c1-2-13(7-8-3-4-8)10(15)6-12-9(14)5-11/h8H,2-7,11H2,1H3,(H,12,14). The van der Waals surface area contributed by atoms with Gasteiger partial charge in [-0.15, -0.1) is 0 Å². The molecular formula is C10H19N3O2. The van der Waals surface area contributed by atoms with Crippen LogP contribution in [0, 0.1) is 5.92 Å². The predicted octanol–water partition coefficient (Wildman–Crippen LogP) is -0.680. The summed E-state index contributed by atoms with van der Waals surface area (Å²) in [5.74, 6) is 0.371. The van der Waals surface area contributed by atoms with E-state index in [0.717, 1.165) is 6.54 Å². The summed E-state index contributed by atoms with van der Waals surface area (Å²) in [4.78, 5) is 24.3. The second-order valence-corrected chi connectivity index (χ2v) is 3.86. The van der Waals surface area contributed by atoms with E-state index in [-0.39, 0.29) is 24.9 Å². The lowest BCUT2D eigenvalue weighted by Gasteiger charge is -2.20. The number of nitrogens with zero attached hydrogens (tertiary/aromatic N) is 1. The van der Waals surface area contributed by atoms with Gasteiger partial charge in [0.1, 0.15) is 0 Å². The fourth-order valence-corrected chi connectivity index (χ4v) is 1.38. The average Bonchev–Trinajstić information content (AvgIpc) is 3.05. The fraction of sp³-hybridized carbons (Fsp3) is 0.800. The van der Waals surface area contributed by atoms with Crippen LogP contribution < -0.4 is 11.1 Å². The van der Waals surface area contributed by atoms with Gasteiger partial charge in [-0.2, -0.15) is 0 Å². The van der Waals surface area contributed by atoms with Gasteiger partial charge < -0.3 is 16.0 Å². The number of carbonyl (C=O) groups excluding carboxylic acids is 2. The number of hydrogen-bond donors (Lipinski definition) is 2. The van der Waals surface area contributed by atoms with E-state index in [9.17, 15) is 9.59 Å². The molecule has 1 rings (SSSR count). The maximum atomic E-state index is 11.6. The van der Waals surface area contributed by atoms with Crippen molar-refractivity contribution in [1.82, 2.24) is 10.2 Å². The van der Waals surface area contributed by atoms with Gasteiger partial charge in [-0.1, -0.05) is 0 Å². The molecule has 0 aromatic carbocycles. The summed E-state index contributed by atoms with van der Waals surface area (Å²) in [6, 6.07) is 0. The van der Waals surface area contributed by atoms with Crippen LogP contribution in [0.15, 0.2) is 0 Å². The third-order valence-electron chi connectivity index (χ3n) is 2.53. The average molecular weight is 213 g/mol. The summed E-state index contributed by atoms with van der Waals surface area (Å²) in [5.41, 5.74) is 5.12. The van der Waals surface area contributed by atoms with Crippen molar-refractivity contribution in [3.8, 4) is 0 Å². The van der Waals surface area contributed by atoms with E-state index in [1.165, 1.54) is 12.8 Å². The molecule has 1 aliphatic carbocycles. The van der Waals surface area contributed by atoms with E-state index in [2.05, 4.69) is 5.32 Å². The molecule has 0 aromatic heterocycles. The minimum absolute atomic E-state index is 0.0220. The summed E-state index contributed by atoms with van der Waals surface area (Å²) in [5, 5.41) is 2.49. The first kappa shape index (κ1) is 12.0. The van der Waals surface area contributed by atoms with Crippen molar-refractivity contribution in [2.75, 3.05) is 26.2 Å². The molecular weight excluding hydrogens is 194 g/mol. The number of amides is 2. The molecule has 0 aliphatic heterocycles. The Morgan fingerprint density at radius 2 is 2.13 bits per heavy atom. The van der Waals surface area contributed by atoms with E-state index < -0.39 is 0 Å². The summed E-state index contributed by atoms with van der Waals surface area (Å²) < 4.78 is 0. The second kappa shape index (κ2) is 5.70. The molecule has 0 bridgehead atoms. The van der Waals surface area contributed by atoms with Crippen molar-refractivity contribution >= 4 is 11.8 Å². The topological polar surface area (TPSA) is 75.4 Å². The monoisotopic (exact) mass is 213 g/mol. The summed E-state index contributed by atoms with van der Waals surface area (Å²) in [6.07, 6.45) is 2.44. The van der Waals surface area contributed by atoms with Crippen LogP contribution in [-0.2, 0) is 9.59 Å². The van der Waals surface area contributed by atoms with Gasteiger partial charge in [0, 0.05) is 13.1 Å². The van der Waals surface area contributed by atoms with Crippen molar-refractivity contribution in [3.05, 3.63) is 0 Å². The lowest BCUT2D eigenvalue weighted by molar-refractivity contribution is -0.132. The van der Waals surface area contributed by atoms with Crippen molar-refractivity contribution in [2.24, 2.45) is 11.7 Å². The quantitative estimate of drug-likeness (QED) is 0.614. The predicted molar refractivity (Wildman–Crippen MR) is 57.0 cm³/mol. The van der Waals surface area contributed by atoms with Crippen LogP contribution in [0.2, 0.25) is 0 Å². The minimum atomic E-state index is -0.286. The molecule has 5 nitrogen and oxygen atoms in total. The van der Waals surface area contributed by atoms with Gasteiger partial charge in [0.2, 0.25) is 11.8 Å². The van der Waals surface area contributed by atoms with E-state index in [4.69, 9.17) is 5.73 Å². The molecule has 2 amide bonds. The zero-order valence-corrected chi connectivity index (χ0v) is 9.16. The molecule has 0 radical (unpaired) electrons. The molecule has 0 heterocycles. The minimum Gasteiger partial charge on any atom is -0.346 e. The van der Waals surface area contributed by atoms with Crippen molar-refractivity contribution in [2.45, 2.75) is 19.8 Å². The first-order valence-electron chi connectivity index (χ1n) is 5.42. The first-order valence-corrected chi connectivity index (χ1v) is 5.42. The molecule has 0 saturated heterocycles. The molecule has 0 unspecified atom stereocenters. The highest BCUT2D eigenvalue weighted by molar-refractivity contribution is 5.85. The molecule has 15 heavy (non-hydrogen) atoms. The molecule has 86 valence electrons. The number of likely N-dealkylation sites (N-methyl/N-ethyl adjacent to an activating group) is 1. The lowest BCUT2D eigenvalue weighted by atomic mass is 10.3. The van der Waals surface area contributed by atoms with Crippen LogP contribution >= 0.6 is 0 Å². The lowest BCUT2D eigenvalue weighted by Crippen LogP contribution is -2.42. The van der Waals surface area contributed by atoms with E-state index in [1.54, 1.807) is 4.90 Å². The van der Waals surface area contributed by atoms with Crippen molar-refractivity contribution in [3.63, 3.8) is 0 Å². The molecule has 1 aliphatic rings. The highest BCUT2D eigenvalue weighted by Gasteiger charge is 2.25. The third kappa shape index (κ3) is 4.29. The first-order chi connectivity index (χ1) is 7.17. The highest BCUT2D eigenvalue weighted by atomic mass is 16.2. The maximum absolute atomic E-state index is 11.6. The van der Waals surface area contributed by atoms with Gasteiger partial charge in [0.15, 0.2) is 0 Å². The van der Waals surface area contributed by atoms with Gasteiger partial charge in [-0.3, -0.25) is 9.59 Å². The SMILES string of the molecule is CCN(CC1CC1)C(=O)CNC(=O)CN. The Kier molecular flexibility index (Phi) is 4.55. The van der Waals surface area contributed by atoms with Crippen LogP contribution in [0.25, 0.3) is 0 Å². The van der Waals surface area contributed by atoms with Crippen molar-refractivity contribution in [1.29, 1.82) is 0 Å². The van der Waals surface area contributed by atoms with Crippen LogP contribution in [0.4, 0.5) is 0 Å². The third-order valence-corrected chi connectivity index (χ3v) is 2.53. The normalized spacial score (nSPS) is 14.8. The molecule has 0 atom stereocenters. The van der Waals surface area contributed by atoms with E-state index in [0.29, 0.717) is 12.5 Å². The van der Waals surface area contributed by atoms with Crippen LogP contribution in [0.3, 0.4) is 0 Å². The number of nitrogens with two attached hydrogens (primary N) is 1. The number of carbonyl (C=O) groups is 2. The number of hydrogen-bond acceptors (Lipinski definition) is 3.